The highest BCUT2D eigenvalue weighted by Gasteiger charge is 2.00. The minimum atomic E-state index is -0.0566. The van der Waals surface area contributed by atoms with Gasteiger partial charge in [-0.05, 0) is 20.3 Å². The molecule has 3 heteroatoms. The maximum atomic E-state index is 11.0. The van der Waals surface area contributed by atoms with Crippen LogP contribution < -0.4 is 11.1 Å². The number of allylic oxidation sites excluding steroid dienone is 1. The Morgan fingerprint density at radius 1 is 1.58 bits per heavy atom. The fourth-order valence-electron chi connectivity index (χ4n) is 0.689. The van der Waals surface area contributed by atoms with Crippen LogP contribution in [0.1, 0.15) is 27.2 Å². The lowest BCUT2D eigenvalue weighted by molar-refractivity contribution is -0.116. The van der Waals surface area contributed by atoms with Crippen LogP contribution in [0.3, 0.4) is 0 Å². The van der Waals surface area contributed by atoms with E-state index in [-0.39, 0.29) is 11.9 Å². The van der Waals surface area contributed by atoms with Crippen molar-refractivity contribution in [3.05, 3.63) is 11.6 Å². The van der Waals surface area contributed by atoms with E-state index in [1.54, 1.807) is 6.08 Å². The number of carbonyl (C=O) groups excluding carboxylic acids is 1. The summed E-state index contributed by atoms with van der Waals surface area (Å²) in [6.07, 6.45) is 2.46. The summed E-state index contributed by atoms with van der Waals surface area (Å²) in [6, 6.07) is 0.0690. The molecule has 1 unspecified atom stereocenters. The van der Waals surface area contributed by atoms with Crippen molar-refractivity contribution in [1.29, 1.82) is 0 Å². The van der Waals surface area contributed by atoms with Crippen LogP contribution in [0.2, 0.25) is 0 Å². The number of rotatable bonds is 4. The third kappa shape index (κ3) is 5.92. The molecule has 12 heavy (non-hydrogen) atoms. The molecule has 0 saturated carbocycles. The molecule has 0 aromatic rings. The van der Waals surface area contributed by atoms with Gasteiger partial charge in [-0.1, -0.05) is 12.5 Å². The summed E-state index contributed by atoms with van der Waals surface area (Å²) in [5.41, 5.74) is 6.61. The van der Waals surface area contributed by atoms with E-state index >= 15 is 0 Å². The molecule has 0 aliphatic carbocycles. The van der Waals surface area contributed by atoms with Gasteiger partial charge >= 0.3 is 0 Å². The highest BCUT2D eigenvalue weighted by Crippen LogP contribution is 1.88. The van der Waals surface area contributed by atoms with E-state index in [4.69, 9.17) is 5.73 Å². The van der Waals surface area contributed by atoms with Gasteiger partial charge < -0.3 is 11.1 Å². The Labute approximate surface area is 74.0 Å². The summed E-state index contributed by atoms with van der Waals surface area (Å²) in [7, 11) is 0. The molecule has 3 N–H and O–H groups in total. The molecule has 0 aliphatic rings. The molecular formula is C9H18N2O. The number of nitrogens with two attached hydrogens (primary N) is 1. The Hall–Kier alpha value is -0.830. The Bertz CT molecular complexity index is 171. The van der Waals surface area contributed by atoms with E-state index in [1.807, 2.05) is 20.8 Å². The average molecular weight is 170 g/mol. The molecule has 0 radical (unpaired) electrons. The summed E-state index contributed by atoms with van der Waals surface area (Å²) >= 11 is 0. The highest BCUT2D eigenvalue weighted by molar-refractivity contribution is 5.88. The van der Waals surface area contributed by atoms with Crippen molar-refractivity contribution in [2.24, 2.45) is 5.73 Å². The second-order valence-electron chi connectivity index (χ2n) is 3.14. The highest BCUT2D eigenvalue weighted by atomic mass is 16.1. The van der Waals surface area contributed by atoms with E-state index in [0.717, 1.165) is 12.0 Å². The van der Waals surface area contributed by atoms with Crippen LogP contribution in [0.25, 0.3) is 0 Å². The van der Waals surface area contributed by atoms with E-state index < -0.39 is 0 Å². The monoisotopic (exact) mass is 170 g/mol. The van der Waals surface area contributed by atoms with Gasteiger partial charge in [-0.2, -0.15) is 0 Å². The molecule has 1 amide bonds. The summed E-state index contributed by atoms with van der Waals surface area (Å²) in [6.45, 7) is 6.33. The van der Waals surface area contributed by atoms with E-state index in [9.17, 15) is 4.79 Å². The van der Waals surface area contributed by atoms with Crippen molar-refractivity contribution in [1.82, 2.24) is 5.32 Å². The van der Waals surface area contributed by atoms with Crippen LogP contribution in [0, 0.1) is 0 Å². The van der Waals surface area contributed by atoms with Crippen molar-refractivity contribution in [2.45, 2.75) is 33.2 Å². The molecule has 0 aromatic heterocycles. The van der Waals surface area contributed by atoms with Gasteiger partial charge in [0.25, 0.3) is 0 Å². The van der Waals surface area contributed by atoms with Gasteiger partial charge in [-0.15, -0.1) is 0 Å². The minimum Gasteiger partial charge on any atom is -0.351 e. The molecule has 0 rings (SSSR count). The second kappa shape index (κ2) is 5.77. The summed E-state index contributed by atoms with van der Waals surface area (Å²) < 4.78 is 0. The molecule has 3 nitrogen and oxygen atoms in total. The second-order valence-corrected chi connectivity index (χ2v) is 3.14. The molecule has 1 atom stereocenters. The Kier molecular flexibility index (Phi) is 5.37. The Balaban J connectivity index is 3.65. The maximum Gasteiger partial charge on any atom is 0.243 e. The first-order valence-corrected chi connectivity index (χ1v) is 4.24. The molecule has 0 aromatic carbocycles. The van der Waals surface area contributed by atoms with E-state index in [2.05, 4.69) is 5.32 Å². The number of hydrogen-bond donors (Lipinski definition) is 2. The first-order chi connectivity index (χ1) is 5.56. The summed E-state index contributed by atoms with van der Waals surface area (Å²) in [5.74, 6) is -0.0566. The van der Waals surface area contributed by atoms with Crippen LogP contribution >= 0.6 is 0 Å². The van der Waals surface area contributed by atoms with Crippen molar-refractivity contribution in [3.8, 4) is 0 Å². The molecule has 70 valence electrons. The standard InChI is InChI=1S/C9H18N2O/c1-4-8(10)6-11-9(12)5-7(2)3/h5,8H,4,6,10H2,1-3H3,(H,11,12). The van der Waals surface area contributed by atoms with E-state index in [1.165, 1.54) is 0 Å². The topological polar surface area (TPSA) is 55.1 Å². The zero-order valence-corrected chi connectivity index (χ0v) is 8.05. The average Bonchev–Trinajstić information content (AvgIpc) is 1.99. The fourth-order valence-corrected chi connectivity index (χ4v) is 0.689. The van der Waals surface area contributed by atoms with Gasteiger partial charge in [0.1, 0.15) is 0 Å². The SMILES string of the molecule is CCC(N)CNC(=O)C=C(C)C. The zero-order chi connectivity index (χ0) is 9.56. The van der Waals surface area contributed by atoms with Gasteiger partial charge in [0.15, 0.2) is 0 Å². The number of nitrogens with one attached hydrogen (secondary N) is 1. The van der Waals surface area contributed by atoms with Crippen LogP contribution in [0.4, 0.5) is 0 Å². The van der Waals surface area contributed by atoms with Crippen molar-refractivity contribution < 1.29 is 4.79 Å². The van der Waals surface area contributed by atoms with Gasteiger partial charge in [-0.3, -0.25) is 4.79 Å². The molecular weight excluding hydrogens is 152 g/mol. The van der Waals surface area contributed by atoms with Gasteiger partial charge in [0.2, 0.25) is 5.91 Å². The Morgan fingerprint density at radius 3 is 2.58 bits per heavy atom. The third-order valence-corrected chi connectivity index (χ3v) is 1.48. The first-order valence-electron chi connectivity index (χ1n) is 4.24. The number of hydrogen-bond acceptors (Lipinski definition) is 2. The number of amides is 1. The first kappa shape index (κ1) is 11.2. The lowest BCUT2D eigenvalue weighted by Gasteiger charge is -2.08. The minimum absolute atomic E-state index is 0.0566. The predicted octanol–water partition coefficient (Wildman–Crippen LogP) is 0.806. The predicted molar refractivity (Wildman–Crippen MR) is 50.7 cm³/mol. The van der Waals surface area contributed by atoms with Crippen LogP contribution in [-0.4, -0.2) is 18.5 Å². The molecule has 0 saturated heterocycles. The van der Waals surface area contributed by atoms with Crippen LogP contribution in [0.15, 0.2) is 11.6 Å². The molecule has 0 aliphatic heterocycles. The maximum absolute atomic E-state index is 11.0. The lowest BCUT2D eigenvalue weighted by atomic mass is 10.2. The van der Waals surface area contributed by atoms with Gasteiger partial charge in [0, 0.05) is 18.7 Å². The molecule has 0 spiro atoms. The quantitative estimate of drug-likeness (QED) is 0.613. The fraction of sp³-hybridized carbons (Fsp3) is 0.667. The zero-order valence-electron chi connectivity index (χ0n) is 8.05. The molecule has 0 bridgehead atoms. The van der Waals surface area contributed by atoms with Crippen molar-refractivity contribution >= 4 is 5.91 Å². The van der Waals surface area contributed by atoms with Crippen molar-refractivity contribution in [3.63, 3.8) is 0 Å². The third-order valence-electron chi connectivity index (χ3n) is 1.48. The largest absolute Gasteiger partial charge is 0.351 e. The summed E-state index contributed by atoms with van der Waals surface area (Å²) in [4.78, 5) is 11.0. The van der Waals surface area contributed by atoms with Crippen LogP contribution in [-0.2, 0) is 4.79 Å². The molecule has 0 heterocycles. The Morgan fingerprint density at radius 2 is 2.17 bits per heavy atom. The van der Waals surface area contributed by atoms with Gasteiger partial charge in [0.05, 0.1) is 0 Å². The smallest absolute Gasteiger partial charge is 0.243 e. The van der Waals surface area contributed by atoms with E-state index in [0.29, 0.717) is 6.54 Å². The summed E-state index contributed by atoms with van der Waals surface area (Å²) in [5, 5.41) is 2.72. The van der Waals surface area contributed by atoms with Crippen molar-refractivity contribution in [2.75, 3.05) is 6.54 Å². The van der Waals surface area contributed by atoms with Gasteiger partial charge in [-0.25, -0.2) is 0 Å². The number of carbonyl (C=O) groups is 1. The van der Waals surface area contributed by atoms with Crippen LogP contribution in [0.5, 0.6) is 0 Å². The normalized spacial score (nSPS) is 12.0. The lowest BCUT2D eigenvalue weighted by Crippen LogP contribution is -2.35. The molecule has 0 fully saturated rings.